The standard InChI is InChI=1S/C22H31N7/c1-3-6-20-24-14-17(15-25-20)16-28-11-7-18(8-12-28)19-13-21(23-2)27-22(26-19)29-9-4-5-10-29/h13-15,18H,2-12,16H2,1H3. The first-order valence-electron chi connectivity index (χ1n) is 10.9. The Hall–Kier alpha value is -2.41. The molecule has 2 aromatic rings. The van der Waals surface area contributed by atoms with Crippen LogP contribution in [-0.4, -0.2) is 57.7 Å². The van der Waals surface area contributed by atoms with Crippen LogP contribution in [0.5, 0.6) is 0 Å². The molecular formula is C22H31N7. The van der Waals surface area contributed by atoms with Gasteiger partial charge in [-0.05, 0) is 51.9 Å². The summed E-state index contributed by atoms with van der Waals surface area (Å²) < 4.78 is 0. The largest absolute Gasteiger partial charge is 0.341 e. The van der Waals surface area contributed by atoms with Gasteiger partial charge in [0.25, 0.3) is 0 Å². The SMILES string of the molecule is C=Nc1cc(C2CCN(Cc3cnc(CCC)nc3)CC2)nc(N2CCCC2)n1. The smallest absolute Gasteiger partial charge is 0.227 e. The van der Waals surface area contributed by atoms with Gasteiger partial charge in [0, 0.05) is 56.0 Å². The minimum atomic E-state index is 0.458. The Morgan fingerprint density at radius 2 is 1.79 bits per heavy atom. The summed E-state index contributed by atoms with van der Waals surface area (Å²) in [5.74, 6) is 2.93. The molecule has 4 heterocycles. The number of likely N-dealkylation sites (tertiary alicyclic amines) is 1. The lowest BCUT2D eigenvalue weighted by atomic mass is 9.93. The van der Waals surface area contributed by atoms with E-state index in [1.165, 1.54) is 18.4 Å². The van der Waals surface area contributed by atoms with Gasteiger partial charge in [-0.1, -0.05) is 6.92 Å². The van der Waals surface area contributed by atoms with Crippen molar-refractivity contribution in [1.82, 2.24) is 24.8 Å². The van der Waals surface area contributed by atoms with Crippen molar-refractivity contribution in [2.75, 3.05) is 31.1 Å². The summed E-state index contributed by atoms with van der Waals surface area (Å²) in [6.07, 6.45) is 10.6. The van der Waals surface area contributed by atoms with E-state index in [0.717, 1.165) is 75.9 Å². The van der Waals surface area contributed by atoms with E-state index >= 15 is 0 Å². The summed E-state index contributed by atoms with van der Waals surface area (Å²) in [6, 6.07) is 2.02. The second-order valence-electron chi connectivity index (χ2n) is 8.11. The molecule has 7 nitrogen and oxygen atoms in total. The van der Waals surface area contributed by atoms with Crippen molar-refractivity contribution in [3.63, 3.8) is 0 Å². The molecule has 2 saturated heterocycles. The zero-order chi connectivity index (χ0) is 20.1. The van der Waals surface area contributed by atoms with Gasteiger partial charge in [-0.15, -0.1) is 0 Å². The van der Waals surface area contributed by atoms with E-state index in [1.54, 1.807) is 0 Å². The number of piperidine rings is 1. The summed E-state index contributed by atoms with van der Waals surface area (Å²) >= 11 is 0. The minimum absolute atomic E-state index is 0.458. The van der Waals surface area contributed by atoms with Crippen LogP contribution in [0.15, 0.2) is 23.5 Å². The van der Waals surface area contributed by atoms with E-state index in [0.29, 0.717) is 11.7 Å². The second kappa shape index (κ2) is 9.39. The fourth-order valence-corrected chi connectivity index (χ4v) is 4.25. The van der Waals surface area contributed by atoms with E-state index in [4.69, 9.17) is 4.98 Å². The van der Waals surface area contributed by atoms with Crippen molar-refractivity contribution in [3.8, 4) is 0 Å². The third-order valence-electron chi connectivity index (χ3n) is 5.92. The van der Waals surface area contributed by atoms with Crippen molar-refractivity contribution < 1.29 is 0 Å². The molecule has 2 aromatic heterocycles. The van der Waals surface area contributed by atoms with Crippen LogP contribution >= 0.6 is 0 Å². The lowest BCUT2D eigenvalue weighted by Crippen LogP contribution is -2.33. The van der Waals surface area contributed by atoms with Gasteiger partial charge in [-0.2, -0.15) is 4.98 Å². The predicted octanol–water partition coefficient (Wildman–Crippen LogP) is 3.53. The third-order valence-corrected chi connectivity index (χ3v) is 5.92. The zero-order valence-electron chi connectivity index (χ0n) is 17.4. The molecule has 2 fully saturated rings. The number of hydrogen-bond donors (Lipinski definition) is 0. The zero-order valence-corrected chi connectivity index (χ0v) is 17.4. The van der Waals surface area contributed by atoms with Crippen LogP contribution in [0.2, 0.25) is 0 Å². The van der Waals surface area contributed by atoms with Crippen LogP contribution in [0.25, 0.3) is 0 Å². The Morgan fingerprint density at radius 3 is 2.45 bits per heavy atom. The molecule has 0 radical (unpaired) electrons. The molecule has 0 aliphatic carbocycles. The molecule has 0 unspecified atom stereocenters. The molecule has 0 spiro atoms. The summed E-state index contributed by atoms with van der Waals surface area (Å²) in [6.45, 7) is 10.9. The molecule has 0 atom stereocenters. The minimum Gasteiger partial charge on any atom is -0.341 e. The highest BCUT2D eigenvalue weighted by Crippen LogP contribution is 2.31. The molecule has 7 heteroatoms. The fraction of sp³-hybridized carbons (Fsp3) is 0.591. The second-order valence-corrected chi connectivity index (χ2v) is 8.11. The molecule has 2 aliphatic rings. The molecule has 0 amide bonds. The van der Waals surface area contributed by atoms with Crippen molar-refractivity contribution in [3.05, 3.63) is 35.5 Å². The van der Waals surface area contributed by atoms with Gasteiger partial charge in [-0.3, -0.25) is 4.90 Å². The van der Waals surface area contributed by atoms with Crippen LogP contribution in [0.4, 0.5) is 11.8 Å². The Labute approximate surface area is 173 Å². The highest BCUT2D eigenvalue weighted by Gasteiger charge is 2.24. The lowest BCUT2D eigenvalue weighted by molar-refractivity contribution is 0.203. The maximum Gasteiger partial charge on any atom is 0.227 e. The Morgan fingerprint density at radius 1 is 1.07 bits per heavy atom. The molecule has 0 bridgehead atoms. The van der Waals surface area contributed by atoms with Crippen LogP contribution < -0.4 is 4.90 Å². The normalized spacial score (nSPS) is 18.3. The third kappa shape index (κ3) is 4.96. The number of hydrogen-bond acceptors (Lipinski definition) is 7. The first-order valence-corrected chi connectivity index (χ1v) is 10.9. The van der Waals surface area contributed by atoms with E-state index in [2.05, 4.69) is 43.4 Å². The van der Waals surface area contributed by atoms with E-state index < -0.39 is 0 Å². The highest BCUT2D eigenvalue weighted by atomic mass is 15.3. The van der Waals surface area contributed by atoms with Gasteiger partial charge >= 0.3 is 0 Å². The average Bonchev–Trinajstić information content (AvgIpc) is 3.31. The van der Waals surface area contributed by atoms with E-state index in [1.807, 2.05) is 18.5 Å². The molecule has 2 aliphatic heterocycles. The molecule has 29 heavy (non-hydrogen) atoms. The predicted molar refractivity (Wildman–Crippen MR) is 116 cm³/mol. The Kier molecular flexibility index (Phi) is 6.44. The number of aromatic nitrogens is 4. The summed E-state index contributed by atoms with van der Waals surface area (Å²) in [4.78, 5) is 27.3. The quantitative estimate of drug-likeness (QED) is 0.670. The van der Waals surface area contributed by atoms with Gasteiger partial charge in [-0.25, -0.2) is 19.9 Å². The van der Waals surface area contributed by atoms with Crippen LogP contribution in [-0.2, 0) is 13.0 Å². The number of aliphatic imine (C=N–C) groups is 1. The van der Waals surface area contributed by atoms with Gasteiger partial charge in [0.2, 0.25) is 5.95 Å². The molecule has 0 N–H and O–H groups in total. The van der Waals surface area contributed by atoms with Crippen LogP contribution in [0.1, 0.15) is 62.0 Å². The van der Waals surface area contributed by atoms with E-state index in [9.17, 15) is 0 Å². The number of aryl methyl sites for hydroxylation is 1. The molecular weight excluding hydrogens is 362 g/mol. The van der Waals surface area contributed by atoms with Gasteiger partial charge in [0.15, 0.2) is 5.82 Å². The first-order chi connectivity index (χ1) is 14.2. The fourth-order valence-electron chi connectivity index (χ4n) is 4.25. The summed E-state index contributed by atoms with van der Waals surface area (Å²) in [5.41, 5.74) is 2.32. The topological polar surface area (TPSA) is 70.4 Å². The number of rotatable bonds is 7. The van der Waals surface area contributed by atoms with Crippen molar-refractivity contribution in [2.24, 2.45) is 4.99 Å². The van der Waals surface area contributed by atoms with Crippen molar-refractivity contribution in [1.29, 1.82) is 0 Å². The van der Waals surface area contributed by atoms with Crippen LogP contribution in [0.3, 0.4) is 0 Å². The lowest BCUT2D eigenvalue weighted by Gasteiger charge is -2.32. The maximum atomic E-state index is 4.91. The highest BCUT2D eigenvalue weighted by molar-refractivity contribution is 5.46. The molecule has 154 valence electrons. The Balaban J connectivity index is 1.37. The van der Waals surface area contributed by atoms with Crippen molar-refractivity contribution >= 4 is 18.5 Å². The summed E-state index contributed by atoms with van der Waals surface area (Å²) in [5, 5.41) is 0. The molecule has 0 aromatic carbocycles. The average molecular weight is 394 g/mol. The first kappa shape index (κ1) is 19.9. The van der Waals surface area contributed by atoms with Gasteiger partial charge in [0.05, 0.1) is 5.69 Å². The molecule has 4 rings (SSSR count). The monoisotopic (exact) mass is 393 g/mol. The van der Waals surface area contributed by atoms with Crippen molar-refractivity contribution in [2.45, 2.75) is 57.9 Å². The van der Waals surface area contributed by atoms with Gasteiger partial charge < -0.3 is 4.90 Å². The molecule has 0 saturated carbocycles. The Bertz CT molecular complexity index is 806. The maximum absolute atomic E-state index is 4.91. The number of anilines is 1. The summed E-state index contributed by atoms with van der Waals surface area (Å²) in [7, 11) is 0. The number of nitrogens with zero attached hydrogens (tertiary/aromatic N) is 7. The van der Waals surface area contributed by atoms with Gasteiger partial charge in [0.1, 0.15) is 5.82 Å². The van der Waals surface area contributed by atoms with Crippen LogP contribution in [0, 0.1) is 0 Å². The van der Waals surface area contributed by atoms with E-state index in [-0.39, 0.29) is 0 Å².